The van der Waals surface area contributed by atoms with Crippen LogP contribution in [0.5, 0.6) is 17.2 Å². The molecule has 0 bridgehead atoms. The predicted octanol–water partition coefficient (Wildman–Crippen LogP) is 4.16. The lowest BCUT2D eigenvalue weighted by Crippen LogP contribution is -2.38. The van der Waals surface area contributed by atoms with Crippen LogP contribution in [0, 0.1) is 5.82 Å². The van der Waals surface area contributed by atoms with Crippen molar-refractivity contribution in [2.45, 2.75) is 6.54 Å². The Morgan fingerprint density at radius 3 is 2.46 bits per heavy atom. The van der Waals surface area contributed by atoms with Gasteiger partial charge < -0.3 is 29.6 Å². The zero-order valence-electron chi connectivity index (χ0n) is 23.0. The molecule has 1 fully saturated rings. The van der Waals surface area contributed by atoms with E-state index in [0.717, 1.165) is 38.4 Å². The second-order valence-corrected chi connectivity index (χ2v) is 9.15. The number of benzene rings is 2. The van der Waals surface area contributed by atoms with Crippen LogP contribution in [0.4, 0.5) is 21.8 Å². The number of pyridine rings is 1. The van der Waals surface area contributed by atoms with Gasteiger partial charge in [0.1, 0.15) is 24.6 Å². The highest BCUT2D eigenvalue weighted by atomic mass is 19.1. The molecule has 2 aromatic heterocycles. The Morgan fingerprint density at radius 2 is 1.73 bits per heavy atom. The molecule has 3 heterocycles. The van der Waals surface area contributed by atoms with Crippen LogP contribution >= 0.6 is 0 Å². The standard InChI is InChI=1S/C29H32FN7O4/c1-38-24-16-22(17-25(39-2)26(24)41-15-12-37-10-13-40-14-11-37)35-29-34-19-33-28(36-29)23-4-3-9-31-27(23)32-18-20-5-7-21(30)8-6-20/h3-9,16-17,19H,10-15,18H2,1-2H3,(H,31,32)(H,33,34,35,36). The van der Waals surface area contributed by atoms with E-state index in [1.54, 1.807) is 44.7 Å². The lowest BCUT2D eigenvalue weighted by Gasteiger charge is -2.26. The first kappa shape index (κ1) is 28.0. The lowest BCUT2D eigenvalue weighted by atomic mass is 10.2. The van der Waals surface area contributed by atoms with Crippen LogP contribution in [0.15, 0.2) is 61.1 Å². The topological polar surface area (TPSA) is 116 Å². The van der Waals surface area contributed by atoms with Gasteiger partial charge in [-0.3, -0.25) is 4.90 Å². The molecule has 1 aliphatic rings. The zero-order chi connectivity index (χ0) is 28.4. The van der Waals surface area contributed by atoms with Crippen molar-refractivity contribution in [3.63, 3.8) is 0 Å². The van der Waals surface area contributed by atoms with Gasteiger partial charge in [0.25, 0.3) is 0 Å². The zero-order valence-corrected chi connectivity index (χ0v) is 23.0. The van der Waals surface area contributed by atoms with Crippen molar-refractivity contribution in [2.24, 2.45) is 0 Å². The van der Waals surface area contributed by atoms with Gasteiger partial charge >= 0.3 is 0 Å². The van der Waals surface area contributed by atoms with E-state index in [1.165, 1.54) is 18.5 Å². The van der Waals surface area contributed by atoms with Gasteiger partial charge in [-0.25, -0.2) is 19.3 Å². The summed E-state index contributed by atoms with van der Waals surface area (Å²) in [6.07, 6.45) is 3.11. The number of ether oxygens (including phenoxy) is 4. The highest BCUT2D eigenvalue weighted by molar-refractivity contribution is 5.71. The summed E-state index contributed by atoms with van der Waals surface area (Å²) >= 11 is 0. The number of methoxy groups -OCH3 is 2. The van der Waals surface area contributed by atoms with Crippen molar-refractivity contribution in [1.29, 1.82) is 0 Å². The SMILES string of the molecule is COc1cc(Nc2ncnc(-c3cccnc3NCc3ccc(F)cc3)n2)cc(OC)c1OCCN1CCOCC1. The highest BCUT2D eigenvalue weighted by Crippen LogP contribution is 2.41. The average molecular weight is 562 g/mol. The van der Waals surface area contributed by atoms with Gasteiger partial charge in [-0.1, -0.05) is 12.1 Å². The molecule has 5 rings (SSSR count). The molecule has 0 radical (unpaired) electrons. The summed E-state index contributed by atoms with van der Waals surface area (Å²) in [7, 11) is 3.16. The minimum atomic E-state index is -0.279. The van der Waals surface area contributed by atoms with E-state index < -0.39 is 0 Å². The fraction of sp³-hybridized carbons (Fsp3) is 0.310. The molecule has 214 valence electrons. The molecule has 11 nitrogen and oxygen atoms in total. The number of hydrogen-bond donors (Lipinski definition) is 2. The second-order valence-electron chi connectivity index (χ2n) is 9.15. The second kappa shape index (κ2) is 13.7. The van der Waals surface area contributed by atoms with Gasteiger partial charge in [0.15, 0.2) is 17.3 Å². The molecular weight excluding hydrogens is 529 g/mol. The molecule has 0 unspecified atom stereocenters. The normalized spacial score (nSPS) is 13.4. The fourth-order valence-electron chi connectivity index (χ4n) is 4.33. The third kappa shape index (κ3) is 7.35. The third-order valence-corrected chi connectivity index (χ3v) is 6.47. The van der Waals surface area contributed by atoms with E-state index in [2.05, 4.69) is 35.5 Å². The molecular formula is C29H32FN7O4. The number of aromatic nitrogens is 4. The Kier molecular flexibility index (Phi) is 9.34. The molecule has 4 aromatic rings. The van der Waals surface area contributed by atoms with E-state index in [4.69, 9.17) is 18.9 Å². The van der Waals surface area contributed by atoms with Crippen molar-refractivity contribution >= 4 is 17.5 Å². The van der Waals surface area contributed by atoms with Gasteiger partial charge in [0.05, 0.1) is 33.0 Å². The van der Waals surface area contributed by atoms with E-state index in [-0.39, 0.29) is 5.82 Å². The predicted molar refractivity (Wildman–Crippen MR) is 152 cm³/mol. The number of halogens is 1. The van der Waals surface area contributed by atoms with Gasteiger partial charge in [0, 0.05) is 50.2 Å². The molecule has 0 atom stereocenters. The molecule has 41 heavy (non-hydrogen) atoms. The Morgan fingerprint density at radius 1 is 0.976 bits per heavy atom. The third-order valence-electron chi connectivity index (χ3n) is 6.47. The minimum Gasteiger partial charge on any atom is -0.493 e. The maximum Gasteiger partial charge on any atom is 0.230 e. The van der Waals surface area contributed by atoms with Gasteiger partial charge in [-0.2, -0.15) is 4.98 Å². The number of rotatable bonds is 12. The number of hydrogen-bond acceptors (Lipinski definition) is 11. The summed E-state index contributed by atoms with van der Waals surface area (Å²) < 4.78 is 36.0. The lowest BCUT2D eigenvalue weighted by molar-refractivity contribution is 0.0319. The monoisotopic (exact) mass is 561 g/mol. The largest absolute Gasteiger partial charge is 0.493 e. The molecule has 0 amide bonds. The summed E-state index contributed by atoms with van der Waals surface area (Å²) in [4.78, 5) is 20.0. The number of nitrogens with one attached hydrogen (secondary N) is 2. The first-order chi connectivity index (χ1) is 20.1. The molecule has 0 aliphatic carbocycles. The summed E-state index contributed by atoms with van der Waals surface area (Å²) in [6.45, 7) is 4.97. The summed E-state index contributed by atoms with van der Waals surface area (Å²) in [5.41, 5.74) is 2.26. The van der Waals surface area contributed by atoms with Crippen molar-refractivity contribution < 1.29 is 23.3 Å². The van der Waals surface area contributed by atoms with Crippen molar-refractivity contribution in [3.05, 3.63) is 72.4 Å². The minimum absolute atomic E-state index is 0.279. The Bertz CT molecular complexity index is 1410. The van der Waals surface area contributed by atoms with E-state index in [9.17, 15) is 4.39 Å². The molecule has 2 N–H and O–H groups in total. The molecule has 0 spiro atoms. The summed E-state index contributed by atoms with van der Waals surface area (Å²) in [5.74, 6) is 2.63. The van der Waals surface area contributed by atoms with Crippen molar-refractivity contribution in [2.75, 3.05) is 64.3 Å². The van der Waals surface area contributed by atoms with Crippen LogP contribution in [0.25, 0.3) is 11.4 Å². The number of nitrogens with zero attached hydrogens (tertiary/aromatic N) is 5. The van der Waals surface area contributed by atoms with Crippen LogP contribution in [-0.2, 0) is 11.3 Å². The first-order valence-corrected chi connectivity index (χ1v) is 13.2. The van der Waals surface area contributed by atoms with Crippen LogP contribution in [0.3, 0.4) is 0 Å². The molecule has 2 aromatic carbocycles. The van der Waals surface area contributed by atoms with Crippen molar-refractivity contribution in [3.8, 4) is 28.6 Å². The molecule has 1 saturated heterocycles. The summed E-state index contributed by atoms with van der Waals surface area (Å²) in [6, 6.07) is 13.6. The van der Waals surface area contributed by atoms with Gasteiger partial charge in [-0.05, 0) is 29.8 Å². The number of morpholine rings is 1. The number of anilines is 3. The van der Waals surface area contributed by atoms with E-state index >= 15 is 0 Å². The molecule has 12 heteroatoms. The van der Waals surface area contributed by atoms with Crippen LogP contribution in [-0.4, -0.2) is 78.5 Å². The summed E-state index contributed by atoms with van der Waals surface area (Å²) in [5, 5.41) is 6.48. The maximum atomic E-state index is 13.3. The van der Waals surface area contributed by atoms with Gasteiger partial charge in [-0.15, -0.1) is 0 Å². The molecule has 1 aliphatic heterocycles. The average Bonchev–Trinajstić information content (AvgIpc) is 3.02. The molecule has 0 saturated carbocycles. The highest BCUT2D eigenvalue weighted by Gasteiger charge is 2.17. The fourth-order valence-corrected chi connectivity index (χ4v) is 4.33. The quantitative estimate of drug-likeness (QED) is 0.260. The Labute approximate surface area is 237 Å². The van der Waals surface area contributed by atoms with Crippen LogP contribution in [0.2, 0.25) is 0 Å². The van der Waals surface area contributed by atoms with Gasteiger partial charge in [0.2, 0.25) is 11.7 Å². The Balaban J connectivity index is 1.30. The van der Waals surface area contributed by atoms with E-state index in [1.807, 2.05) is 12.1 Å². The van der Waals surface area contributed by atoms with E-state index in [0.29, 0.717) is 59.2 Å². The van der Waals surface area contributed by atoms with Crippen LogP contribution in [0.1, 0.15) is 5.56 Å². The van der Waals surface area contributed by atoms with Crippen LogP contribution < -0.4 is 24.8 Å². The Hall–Kier alpha value is -4.55. The smallest absolute Gasteiger partial charge is 0.230 e. The maximum absolute atomic E-state index is 13.3. The first-order valence-electron chi connectivity index (χ1n) is 13.2. The van der Waals surface area contributed by atoms with Crippen molar-refractivity contribution in [1.82, 2.24) is 24.8 Å².